The van der Waals surface area contributed by atoms with Crippen molar-refractivity contribution in [3.63, 3.8) is 0 Å². The topological polar surface area (TPSA) is 120 Å². The summed E-state index contributed by atoms with van der Waals surface area (Å²) in [4.78, 5) is 51.9. The molecule has 0 saturated carbocycles. The first kappa shape index (κ1) is 25.2. The van der Waals surface area contributed by atoms with E-state index in [2.05, 4.69) is 15.7 Å². The normalized spacial score (nSPS) is 11.5. The van der Waals surface area contributed by atoms with E-state index >= 15 is 0 Å². The van der Waals surface area contributed by atoms with Gasteiger partial charge in [0.25, 0.3) is 11.5 Å². The number of nitrogens with zero attached hydrogens (tertiary/aromatic N) is 4. The van der Waals surface area contributed by atoms with E-state index in [1.54, 1.807) is 44.2 Å². The standard InChI is InChI=1S/C25H27ClN6O4/c1-14(2)28-22(34)17-7-10-19-20(11-17)32-24(31(15(3)4)23(19)35)29-30(25(32)36)13-21(33)27-12-16-5-8-18(26)9-6-16/h5-11,14-15H,12-13H2,1-4H3,(H,27,33)(H,28,34). The van der Waals surface area contributed by atoms with Gasteiger partial charge in [-0.15, -0.1) is 5.10 Å². The Morgan fingerprint density at radius 2 is 1.72 bits per heavy atom. The van der Waals surface area contributed by atoms with E-state index in [9.17, 15) is 19.2 Å². The molecule has 2 aromatic carbocycles. The molecule has 4 rings (SSSR count). The third-order valence-electron chi connectivity index (χ3n) is 5.62. The van der Waals surface area contributed by atoms with Crippen LogP contribution < -0.4 is 21.9 Å². The van der Waals surface area contributed by atoms with E-state index in [1.165, 1.54) is 21.1 Å². The van der Waals surface area contributed by atoms with Gasteiger partial charge in [0.05, 0.1) is 10.9 Å². The molecule has 36 heavy (non-hydrogen) atoms. The van der Waals surface area contributed by atoms with Gasteiger partial charge < -0.3 is 10.6 Å². The maximum atomic E-state index is 13.4. The molecule has 2 heterocycles. The Morgan fingerprint density at radius 1 is 1.03 bits per heavy atom. The lowest BCUT2D eigenvalue weighted by atomic mass is 10.1. The number of fused-ring (bicyclic) bond motifs is 3. The number of benzene rings is 2. The highest BCUT2D eigenvalue weighted by atomic mass is 35.5. The quantitative estimate of drug-likeness (QED) is 0.396. The van der Waals surface area contributed by atoms with Crippen LogP contribution in [0.1, 0.15) is 49.7 Å². The fraction of sp³-hybridized carbons (Fsp3) is 0.320. The summed E-state index contributed by atoms with van der Waals surface area (Å²) in [5.74, 6) is -0.648. The fourth-order valence-corrected chi connectivity index (χ4v) is 4.06. The van der Waals surface area contributed by atoms with Crippen LogP contribution in [-0.4, -0.2) is 36.6 Å². The maximum absolute atomic E-state index is 13.4. The Kier molecular flexibility index (Phi) is 6.98. The molecule has 188 valence electrons. The minimum Gasteiger partial charge on any atom is -0.350 e. The predicted octanol–water partition coefficient (Wildman–Crippen LogP) is 2.50. The second kappa shape index (κ2) is 9.98. The number of hydrogen-bond acceptors (Lipinski definition) is 5. The minimum atomic E-state index is -0.590. The highest BCUT2D eigenvalue weighted by Gasteiger charge is 2.21. The van der Waals surface area contributed by atoms with Gasteiger partial charge in [-0.3, -0.25) is 19.0 Å². The zero-order valence-corrected chi connectivity index (χ0v) is 21.2. The first-order valence-corrected chi connectivity index (χ1v) is 11.9. The van der Waals surface area contributed by atoms with Gasteiger partial charge in [0.15, 0.2) is 0 Å². The lowest BCUT2D eigenvalue weighted by Crippen LogP contribution is -2.33. The Bertz CT molecular complexity index is 1580. The van der Waals surface area contributed by atoms with Gasteiger partial charge in [-0.2, -0.15) is 0 Å². The summed E-state index contributed by atoms with van der Waals surface area (Å²) in [5, 5.41) is 10.7. The third-order valence-corrected chi connectivity index (χ3v) is 5.87. The average Bonchev–Trinajstić information content (AvgIpc) is 3.13. The number of halogens is 1. The van der Waals surface area contributed by atoms with E-state index in [0.717, 1.165) is 10.2 Å². The molecule has 0 saturated heterocycles. The minimum absolute atomic E-state index is 0.0842. The van der Waals surface area contributed by atoms with Crippen molar-refractivity contribution >= 4 is 40.1 Å². The van der Waals surface area contributed by atoms with Gasteiger partial charge >= 0.3 is 5.69 Å². The molecule has 0 radical (unpaired) electrons. The summed E-state index contributed by atoms with van der Waals surface area (Å²) >= 11 is 5.89. The van der Waals surface area contributed by atoms with Gasteiger partial charge in [-0.1, -0.05) is 23.7 Å². The summed E-state index contributed by atoms with van der Waals surface area (Å²) < 4.78 is 3.69. The van der Waals surface area contributed by atoms with Crippen LogP contribution in [0, 0.1) is 0 Å². The smallest absolute Gasteiger partial charge is 0.350 e. The molecular weight excluding hydrogens is 484 g/mol. The highest BCUT2D eigenvalue weighted by molar-refractivity contribution is 6.30. The number of amides is 2. The molecule has 0 unspecified atom stereocenters. The van der Waals surface area contributed by atoms with Crippen LogP contribution in [0.25, 0.3) is 16.7 Å². The second-order valence-electron chi connectivity index (χ2n) is 9.11. The number of carbonyl (C=O) groups is 2. The number of rotatable bonds is 7. The third kappa shape index (κ3) is 4.90. The lowest BCUT2D eigenvalue weighted by Gasteiger charge is -2.13. The monoisotopic (exact) mass is 510 g/mol. The van der Waals surface area contributed by atoms with Crippen molar-refractivity contribution in [2.45, 2.75) is 52.9 Å². The van der Waals surface area contributed by atoms with Gasteiger partial charge in [0.1, 0.15) is 6.54 Å². The Morgan fingerprint density at radius 3 is 2.36 bits per heavy atom. The zero-order valence-electron chi connectivity index (χ0n) is 20.4. The van der Waals surface area contributed by atoms with Crippen LogP contribution in [0.15, 0.2) is 52.1 Å². The summed E-state index contributed by atoms with van der Waals surface area (Å²) in [7, 11) is 0. The number of hydrogen-bond donors (Lipinski definition) is 2. The molecule has 2 N–H and O–H groups in total. The van der Waals surface area contributed by atoms with Gasteiger partial charge in [0.2, 0.25) is 11.7 Å². The van der Waals surface area contributed by atoms with Crippen LogP contribution >= 0.6 is 11.6 Å². The molecular formula is C25H27ClN6O4. The molecule has 10 nitrogen and oxygen atoms in total. The van der Waals surface area contributed by atoms with Crippen molar-refractivity contribution in [3.05, 3.63) is 79.5 Å². The first-order chi connectivity index (χ1) is 17.1. The Labute approximate surface area is 211 Å². The Balaban J connectivity index is 1.76. The SMILES string of the molecule is CC(C)NC(=O)c1ccc2c(=O)n(C(C)C)c3nn(CC(=O)NCc4ccc(Cl)cc4)c(=O)n3c2c1. The number of carbonyl (C=O) groups excluding carboxylic acids is 2. The van der Waals surface area contributed by atoms with E-state index in [0.29, 0.717) is 10.6 Å². The Hall–Kier alpha value is -3.92. The van der Waals surface area contributed by atoms with E-state index < -0.39 is 11.6 Å². The fourth-order valence-electron chi connectivity index (χ4n) is 3.93. The molecule has 0 fully saturated rings. The molecule has 0 spiro atoms. The van der Waals surface area contributed by atoms with Crippen molar-refractivity contribution in [1.29, 1.82) is 0 Å². The lowest BCUT2D eigenvalue weighted by molar-refractivity contribution is -0.122. The summed E-state index contributed by atoms with van der Waals surface area (Å²) in [6, 6.07) is 11.2. The summed E-state index contributed by atoms with van der Waals surface area (Å²) in [6.45, 7) is 7.21. The molecule has 0 aliphatic rings. The largest absolute Gasteiger partial charge is 0.352 e. The number of aromatic nitrogens is 4. The van der Waals surface area contributed by atoms with Crippen molar-refractivity contribution in [2.24, 2.45) is 0 Å². The molecule has 0 atom stereocenters. The molecule has 11 heteroatoms. The van der Waals surface area contributed by atoms with Crippen molar-refractivity contribution < 1.29 is 9.59 Å². The van der Waals surface area contributed by atoms with E-state index in [-0.39, 0.29) is 53.3 Å². The highest BCUT2D eigenvalue weighted by Crippen LogP contribution is 2.17. The first-order valence-electron chi connectivity index (χ1n) is 11.6. The predicted molar refractivity (Wildman–Crippen MR) is 138 cm³/mol. The second-order valence-corrected chi connectivity index (χ2v) is 9.54. The van der Waals surface area contributed by atoms with Crippen LogP contribution in [-0.2, 0) is 17.9 Å². The van der Waals surface area contributed by atoms with Crippen LogP contribution in [0.4, 0.5) is 0 Å². The van der Waals surface area contributed by atoms with Gasteiger partial charge in [-0.25, -0.2) is 13.9 Å². The molecule has 2 amide bonds. The van der Waals surface area contributed by atoms with E-state index in [4.69, 9.17) is 11.6 Å². The molecule has 0 bridgehead atoms. The van der Waals surface area contributed by atoms with Crippen molar-refractivity contribution in [1.82, 2.24) is 29.4 Å². The number of nitrogens with one attached hydrogen (secondary N) is 2. The maximum Gasteiger partial charge on any atom is 0.352 e. The van der Waals surface area contributed by atoms with Gasteiger partial charge in [0, 0.05) is 29.2 Å². The average molecular weight is 511 g/mol. The van der Waals surface area contributed by atoms with Crippen molar-refractivity contribution in [2.75, 3.05) is 0 Å². The van der Waals surface area contributed by atoms with E-state index in [1.807, 2.05) is 13.8 Å². The zero-order chi connectivity index (χ0) is 26.1. The van der Waals surface area contributed by atoms with Crippen molar-refractivity contribution in [3.8, 4) is 0 Å². The van der Waals surface area contributed by atoms with Crippen LogP contribution in [0.3, 0.4) is 0 Å². The molecule has 0 aliphatic carbocycles. The molecule has 2 aromatic heterocycles. The summed E-state index contributed by atoms with van der Waals surface area (Å²) in [6.07, 6.45) is 0. The summed E-state index contributed by atoms with van der Waals surface area (Å²) in [5.41, 5.74) is 0.475. The van der Waals surface area contributed by atoms with Crippen LogP contribution in [0.2, 0.25) is 5.02 Å². The molecule has 0 aliphatic heterocycles. The molecule has 4 aromatic rings. The van der Waals surface area contributed by atoms with Gasteiger partial charge in [-0.05, 0) is 63.6 Å². The van der Waals surface area contributed by atoms with Crippen LogP contribution in [0.5, 0.6) is 0 Å².